The summed E-state index contributed by atoms with van der Waals surface area (Å²) in [5.74, 6) is -1.00. The van der Waals surface area contributed by atoms with Crippen LogP contribution in [0, 0.1) is 13.8 Å². The highest BCUT2D eigenvalue weighted by molar-refractivity contribution is 5.94. The molecule has 0 saturated heterocycles. The zero-order valence-electron chi connectivity index (χ0n) is 12.8. The molecule has 0 aliphatic carbocycles. The van der Waals surface area contributed by atoms with E-state index < -0.39 is 5.97 Å². The molecule has 0 bridgehead atoms. The SMILES string of the molecule is Cc1cccc(-n2ncc(Nc3cnccc3C(=O)O)c2C)c1. The predicted octanol–water partition coefficient (Wildman–Crippen LogP) is 3.33. The fourth-order valence-electron chi connectivity index (χ4n) is 2.38. The quantitative estimate of drug-likeness (QED) is 0.773. The molecule has 2 heterocycles. The summed E-state index contributed by atoms with van der Waals surface area (Å²) >= 11 is 0. The minimum absolute atomic E-state index is 0.169. The van der Waals surface area contributed by atoms with Crippen molar-refractivity contribution in [2.24, 2.45) is 0 Å². The molecule has 116 valence electrons. The number of aromatic nitrogens is 3. The van der Waals surface area contributed by atoms with Gasteiger partial charge in [-0.2, -0.15) is 5.10 Å². The fraction of sp³-hybridized carbons (Fsp3) is 0.118. The first-order valence-electron chi connectivity index (χ1n) is 7.12. The molecule has 3 aromatic rings. The molecule has 6 heteroatoms. The number of pyridine rings is 1. The fourth-order valence-corrected chi connectivity index (χ4v) is 2.38. The monoisotopic (exact) mass is 308 g/mol. The third kappa shape index (κ3) is 2.91. The van der Waals surface area contributed by atoms with Gasteiger partial charge < -0.3 is 10.4 Å². The Balaban J connectivity index is 1.96. The summed E-state index contributed by atoms with van der Waals surface area (Å²) in [4.78, 5) is 15.2. The van der Waals surface area contributed by atoms with Gasteiger partial charge in [0, 0.05) is 6.20 Å². The van der Waals surface area contributed by atoms with E-state index in [1.54, 1.807) is 6.20 Å². The van der Waals surface area contributed by atoms with Crippen LogP contribution in [0.1, 0.15) is 21.6 Å². The Morgan fingerprint density at radius 3 is 2.74 bits per heavy atom. The van der Waals surface area contributed by atoms with Crippen molar-refractivity contribution in [1.82, 2.24) is 14.8 Å². The summed E-state index contributed by atoms with van der Waals surface area (Å²) in [5, 5.41) is 16.7. The molecule has 0 radical (unpaired) electrons. The number of carboxylic acids is 1. The van der Waals surface area contributed by atoms with Crippen LogP contribution in [0.3, 0.4) is 0 Å². The summed E-state index contributed by atoms with van der Waals surface area (Å²) in [5.41, 5.74) is 4.33. The van der Waals surface area contributed by atoms with Crippen molar-refractivity contribution in [2.75, 3.05) is 5.32 Å². The molecule has 3 rings (SSSR count). The van der Waals surface area contributed by atoms with Crippen LogP contribution in [0.5, 0.6) is 0 Å². The molecule has 0 spiro atoms. The van der Waals surface area contributed by atoms with Crippen molar-refractivity contribution in [3.8, 4) is 5.69 Å². The van der Waals surface area contributed by atoms with Gasteiger partial charge in [0.15, 0.2) is 0 Å². The van der Waals surface area contributed by atoms with Crippen molar-refractivity contribution >= 4 is 17.3 Å². The van der Waals surface area contributed by atoms with E-state index in [9.17, 15) is 9.90 Å². The summed E-state index contributed by atoms with van der Waals surface area (Å²) < 4.78 is 1.81. The molecule has 6 nitrogen and oxygen atoms in total. The number of benzene rings is 1. The Kier molecular flexibility index (Phi) is 3.80. The van der Waals surface area contributed by atoms with E-state index in [4.69, 9.17) is 0 Å². The van der Waals surface area contributed by atoms with Crippen LogP contribution >= 0.6 is 0 Å². The van der Waals surface area contributed by atoms with Gasteiger partial charge in [-0.1, -0.05) is 12.1 Å². The van der Waals surface area contributed by atoms with E-state index in [0.29, 0.717) is 5.69 Å². The Labute approximate surface area is 133 Å². The molecular weight excluding hydrogens is 292 g/mol. The van der Waals surface area contributed by atoms with Crippen LogP contribution in [-0.4, -0.2) is 25.8 Å². The van der Waals surface area contributed by atoms with Crippen LogP contribution in [0.4, 0.5) is 11.4 Å². The van der Waals surface area contributed by atoms with Gasteiger partial charge in [0.2, 0.25) is 0 Å². The number of carbonyl (C=O) groups is 1. The highest BCUT2D eigenvalue weighted by Crippen LogP contribution is 2.24. The summed E-state index contributed by atoms with van der Waals surface area (Å²) in [6, 6.07) is 9.48. The lowest BCUT2D eigenvalue weighted by Gasteiger charge is -2.09. The van der Waals surface area contributed by atoms with Crippen LogP contribution in [0.15, 0.2) is 48.9 Å². The lowest BCUT2D eigenvalue weighted by atomic mass is 10.2. The Morgan fingerprint density at radius 2 is 2.00 bits per heavy atom. The second-order valence-electron chi connectivity index (χ2n) is 5.25. The first-order chi connectivity index (χ1) is 11.1. The number of aromatic carboxylic acids is 1. The van der Waals surface area contributed by atoms with Gasteiger partial charge in [-0.15, -0.1) is 0 Å². The molecule has 2 aromatic heterocycles. The Bertz CT molecular complexity index is 871. The number of hydrogen-bond donors (Lipinski definition) is 2. The third-order valence-corrected chi connectivity index (χ3v) is 3.58. The third-order valence-electron chi connectivity index (χ3n) is 3.58. The van der Waals surface area contributed by atoms with E-state index in [2.05, 4.69) is 15.4 Å². The van der Waals surface area contributed by atoms with Crippen LogP contribution < -0.4 is 5.32 Å². The molecule has 23 heavy (non-hydrogen) atoms. The molecule has 2 N–H and O–H groups in total. The molecule has 0 amide bonds. The number of hydrogen-bond acceptors (Lipinski definition) is 4. The van der Waals surface area contributed by atoms with E-state index >= 15 is 0 Å². The predicted molar refractivity (Wildman–Crippen MR) is 87.5 cm³/mol. The maximum absolute atomic E-state index is 11.3. The van der Waals surface area contributed by atoms with Crippen LogP contribution in [-0.2, 0) is 0 Å². The van der Waals surface area contributed by atoms with E-state index in [0.717, 1.165) is 22.6 Å². The summed E-state index contributed by atoms with van der Waals surface area (Å²) in [7, 11) is 0. The van der Waals surface area contributed by atoms with Crippen molar-refractivity contribution in [3.05, 3.63) is 65.7 Å². The van der Waals surface area contributed by atoms with Gasteiger partial charge in [0.05, 0.1) is 40.7 Å². The molecule has 0 fully saturated rings. The smallest absolute Gasteiger partial charge is 0.337 e. The normalized spacial score (nSPS) is 10.5. The van der Waals surface area contributed by atoms with Crippen molar-refractivity contribution in [1.29, 1.82) is 0 Å². The second-order valence-corrected chi connectivity index (χ2v) is 5.25. The average Bonchev–Trinajstić information content (AvgIpc) is 2.89. The zero-order chi connectivity index (χ0) is 16.4. The zero-order valence-corrected chi connectivity index (χ0v) is 12.8. The molecule has 0 atom stereocenters. The maximum Gasteiger partial charge on any atom is 0.337 e. The van der Waals surface area contributed by atoms with E-state index in [1.165, 1.54) is 18.5 Å². The van der Waals surface area contributed by atoms with Crippen molar-refractivity contribution in [2.45, 2.75) is 13.8 Å². The maximum atomic E-state index is 11.3. The highest BCUT2D eigenvalue weighted by Gasteiger charge is 2.13. The lowest BCUT2D eigenvalue weighted by molar-refractivity contribution is 0.0698. The molecule has 0 saturated carbocycles. The molecule has 1 aromatic carbocycles. The first-order valence-corrected chi connectivity index (χ1v) is 7.12. The number of carboxylic acid groups (broad SMARTS) is 1. The second kappa shape index (κ2) is 5.92. The topological polar surface area (TPSA) is 80.0 Å². The molecule has 0 unspecified atom stereocenters. The molecule has 0 aliphatic heterocycles. The summed E-state index contributed by atoms with van der Waals surface area (Å²) in [6.07, 6.45) is 4.63. The number of nitrogens with one attached hydrogen (secondary N) is 1. The number of anilines is 2. The van der Waals surface area contributed by atoms with E-state index in [1.807, 2.05) is 42.8 Å². The van der Waals surface area contributed by atoms with Gasteiger partial charge in [-0.05, 0) is 37.6 Å². The van der Waals surface area contributed by atoms with Gasteiger partial charge in [-0.3, -0.25) is 4.98 Å². The minimum atomic E-state index is -1.00. The average molecular weight is 308 g/mol. The lowest BCUT2D eigenvalue weighted by Crippen LogP contribution is -2.04. The van der Waals surface area contributed by atoms with Gasteiger partial charge in [0.1, 0.15) is 0 Å². The number of rotatable bonds is 4. The first kappa shape index (κ1) is 14.8. The van der Waals surface area contributed by atoms with Gasteiger partial charge in [-0.25, -0.2) is 9.48 Å². The van der Waals surface area contributed by atoms with Crippen molar-refractivity contribution in [3.63, 3.8) is 0 Å². The van der Waals surface area contributed by atoms with Gasteiger partial charge >= 0.3 is 5.97 Å². The van der Waals surface area contributed by atoms with Gasteiger partial charge in [0.25, 0.3) is 0 Å². The van der Waals surface area contributed by atoms with E-state index in [-0.39, 0.29) is 5.56 Å². The van der Waals surface area contributed by atoms with Crippen LogP contribution in [0.2, 0.25) is 0 Å². The Morgan fingerprint density at radius 1 is 1.17 bits per heavy atom. The molecular formula is C17H16N4O2. The summed E-state index contributed by atoms with van der Waals surface area (Å²) in [6.45, 7) is 3.95. The van der Waals surface area contributed by atoms with Crippen LogP contribution in [0.25, 0.3) is 5.69 Å². The number of nitrogens with zero attached hydrogens (tertiary/aromatic N) is 3. The minimum Gasteiger partial charge on any atom is -0.478 e. The standard InChI is InChI=1S/C17H16N4O2/c1-11-4-3-5-13(8-11)21-12(2)15(10-19-21)20-16-9-18-7-6-14(16)17(22)23/h3-10,20H,1-2H3,(H,22,23). The molecule has 0 aliphatic rings. The number of aryl methyl sites for hydroxylation is 1. The largest absolute Gasteiger partial charge is 0.478 e. The van der Waals surface area contributed by atoms with Crippen molar-refractivity contribution < 1.29 is 9.90 Å². The Hall–Kier alpha value is -3.15. The highest BCUT2D eigenvalue weighted by atomic mass is 16.4.